The summed E-state index contributed by atoms with van der Waals surface area (Å²) in [6, 6.07) is 11.6. The van der Waals surface area contributed by atoms with Gasteiger partial charge in [-0.15, -0.1) is 0 Å². The highest BCUT2D eigenvalue weighted by atomic mass is 32.2. The van der Waals surface area contributed by atoms with Gasteiger partial charge in [-0.1, -0.05) is 12.1 Å². The monoisotopic (exact) mass is 336 g/mol. The van der Waals surface area contributed by atoms with Gasteiger partial charge in [0.05, 0.1) is 4.90 Å². The predicted molar refractivity (Wildman–Crippen MR) is 85.8 cm³/mol. The Morgan fingerprint density at radius 3 is 2.17 bits per heavy atom. The smallest absolute Gasteiger partial charge is 0.243 e. The van der Waals surface area contributed by atoms with Crippen LogP contribution in [-0.4, -0.2) is 25.7 Å². The number of rotatable bonds is 5. The molecule has 0 aliphatic heterocycles. The number of benzene rings is 2. The fraction of sp³-hybridized carbons (Fsp3) is 0.188. The van der Waals surface area contributed by atoms with E-state index in [1.54, 1.807) is 12.1 Å². The molecule has 5 nitrogen and oxygen atoms in total. The summed E-state index contributed by atoms with van der Waals surface area (Å²) < 4.78 is 39.1. The van der Waals surface area contributed by atoms with Crippen LogP contribution >= 0.6 is 0 Å². The van der Waals surface area contributed by atoms with Crippen LogP contribution in [0.1, 0.15) is 12.5 Å². The molecule has 0 saturated heterocycles. The van der Waals surface area contributed by atoms with Gasteiger partial charge in [0.1, 0.15) is 5.82 Å². The van der Waals surface area contributed by atoms with Crippen LogP contribution < -0.4 is 5.32 Å². The molecule has 0 aliphatic carbocycles. The van der Waals surface area contributed by atoms with Crippen molar-refractivity contribution in [1.82, 2.24) is 4.31 Å². The first-order chi connectivity index (χ1) is 10.8. The van der Waals surface area contributed by atoms with Gasteiger partial charge >= 0.3 is 0 Å². The van der Waals surface area contributed by atoms with Gasteiger partial charge in [0.25, 0.3) is 0 Å². The van der Waals surface area contributed by atoms with Crippen molar-refractivity contribution in [2.24, 2.45) is 0 Å². The van der Waals surface area contributed by atoms with E-state index >= 15 is 0 Å². The number of carbonyl (C=O) groups is 1. The Kier molecular flexibility index (Phi) is 5.12. The first kappa shape index (κ1) is 17.1. The molecule has 0 radical (unpaired) electrons. The highest BCUT2D eigenvalue weighted by molar-refractivity contribution is 7.89. The molecule has 0 atom stereocenters. The highest BCUT2D eigenvalue weighted by Crippen LogP contribution is 2.19. The average molecular weight is 336 g/mol. The third-order valence-electron chi connectivity index (χ3n) is 3.20. The summed E-state index contributed by atoms with van der Waals surface area (Å²) in [5, 5.41) is 2.57. The Bertz CT molecular complexity index is 787. The van der Waals surface area contributed by atoms with Crippen LogP contribution in [0.3, 0.4) is 0 Å². The first-order valence-electron chi connectivity index (χ1n) is 6.87. The van der Waals surface area contributed by atoms with Crippen molar-refractivity contribution in [3.8, 4) is 0 Å². The lowest BCUT2D eigenvalue weighted by molar-refractivity contribution is -0.114. The molecule has 0 fully saturated rings. The van der Waals surface area contributed by atoms with Gasteiger partial charge in [0, 0.05) is 26.2 Å². The maximum atomic E-state index is 12.9. The molecule has 0 aromatic heterocycles. The second-order valence-corrected chi connectivity index (χ2v) is 7.14. The van der Waals surface area contributed by atoms with Crippen molar-refractivity contribution in [1.29, 1.82) is 0 Å². The molecule has 0 unspecified atom stereocenters. The minimum atomic E-state index is -3.67. The van der Waals surface area contributed by atoms with E-state index in [1.165, 1.54) is 54.7 Å². The van der Waals surface area contributed by atoms with Crippen LogP contribution in [0.2, 0.25) is 0 Å². The molecular formula is C16H17FN2O3S. The van der Waals surface area contributed by atoms with Gasteiger partial charge in [-0.2, -0.15) is 4.31 Å². The predicted octanol–water partition coefficient (Wildman–Crippen LogP) is 2.60. The molecular weight excluding hydrogens is 319 g/mol. The van der Waals surface area contributed by atoms with Crippen molar-refractivity contribution in [3.05, 3.63) is 59.9 Å². The van der Waals surface area contributed by atoms with Crippen molar-refractivity contribution in [2.75, 3.05) is 12.4 Å². The number of nitrogens with one attached hydrogen (secondary N) is 1. The highest BCUT2D eigenvalue weighted by Gasteiger charge is 2.20. The van der Waals surface area contributed by atoms with E-state index < -0.39 is 10.0 Å². The summed E-state index contributed by atoms with van der Waals surface area (Å²) in [6.45, 7) is 1.51. The largest absolute Gasteiger partial charge is 0.326 e. The van der Waals surface area contributed by atoms with Crippen molar-refractivity contribution < 1.29 is 17.6 Å². The standard InChI is InChI=1S/C16H17FN2O3S/c1-12(20)18-15-7-9-16(10-8-15)23(21,22)19(2)11-13-3-5-14(17)6-4-13/h3-10H,11H2,1-2H3,(H,18,20). The number of sulfonamides is 1. The van der Waals surface area contributed by atoms with Gasteiger partial charge < -0.3 is 5.32 Å². The van der Waals surface area contributed by atoms with Crippen LogP contribution in [0.5, 0.6) is 0 Å². The van der Waals surface area contributed by atoms with Crippen LogP contribution in [0, 0.1) is 5.82 Å². The molecule has 0 spiro atoms. The molecule has 2 rings (SSSR count). The number of carbonyl (C=O) groups excluding carboxylic acids is 1. The van der Waals surface area contributed by atoms with E-state index in [4.69, 9.17) is 0 Å². The summed E-state index contributed by atoms with van der Waals surface area (Å²) in [6.07, 6.45) is 0. The maximum absolute atomic E-state index is 12.9. The van der Waals surface area contributed by atoms with E-state index in [9.17, 15) is 17.6 Å². The third kappa shape index (κ3) is 4.37. The van der Waals surface area contributed by atoms with Crippen molar-refractivity contribution in [2.45, 2.75) is 18.4 Å². The molecule has 0 bridgehead atoms. The molecule has 7 heteroatoms. The zero-order valence-electron chi connectivity index (χ0n) is 12.8. The molecule has 2 aromatic carbocycles. The second-order valence-electron chi connectivity index (χ2n) is 5.09. The lowest BCUT2D eigenvalue weighted by Gasteiger charge is -2.17. The topological polar surface area (TPSA) is 66.5 Å². The molecule has 122 valence electrons. The van der Waals surface area contributed by atoms with E-state index in [0.29, 0.717) is 11.3 Å². The minimum absolute atomic E-state index is 0.121. The number of halogens is 1. The average Bonchev–Trinajstić information content (AvgIpc) is 2.49. The molecule has 0 aliphatic rings. The van der Waals surface area contributed by atoms with E-state index in [-0.39, 0.29) is 23.2 Å². The number of hydrogen-bond acceptors (Lipinski definition) is 3. The van der Waals surface area contributed by atoms with Gasteiger partial charge in [0.2, 0.25) is 15.9 Å². The molecule has 1 amide bonds. The fourth-order valence-electron chi connectivity index (χ4n) is 2.03. The Morgan fingerprint density at radius 1 is 1.09 bits per heavy atom. The van der Waals surface area contributed by atoms with Gasteiger partial charge in [-0.3, -0.25) is 4.79 Å². The lowest BCUT2D eigenvalue weighted by Crippen LogP contribution is -2.26. The molecule has 23 heavy (non-hydrogen) atoms. The van der Waals surface area contributed by atoms with E-state index in [0.717, 1.165) is 0 Å². The minimum Gasteiger partial charge on any atom is -0.326 e. The Labute approximate surface area is 134 Å². The second kappa shape index (κ2) is 6.89. The Balaban J connectivity index is 2.16. The number of nitrogens with zero attached hydrogens (tertiary/aromatic N) is 1. The first-order valence-corrected chi connectivity index (χ1v) is 8.31. The van der Waals surface area contributed by atoms with Crippen LogP contribution in [0.25, 0.3) is 0 Å². The molecule has 2 aromatic rings. The van der Waals surface area contributed by atoms with Crippen LogP contribution in [0.4, 0.5) is 10.1 Å². The zero-order chi connectivity index (χ0) is 17.0. The van der Waals surface area contributed by atoms with Crippen LogP contribution in [0.15, 0.2) is 53.4 Å². The Hall–Kier alpha value is -2.25. The summed E-state index contributed by atoms with van der Waals surface area (Å²) in [4.78, 5) is 11.1. The maximum Gasteiger partial charge on any atom is 0.243 e. The number of hydrogen-bond donors (Lipinski definition) is 1. The van der Waals surface area contributed by atoms with E-state index in [1.807, 2.05) is 0 Å². The zero-order valence-corrected chi connectivity index (χ0v) is 13.6. The van der Waals surface area contributed by atoms with Crippen LogP contribution in [-0.2, 0) is 21.4 Å². The van der Waals surface area contributed by atoms with Gasteiger partial charge in [0.15, 0.2) is 0 Å². The van der Waals surface area contributed by atoms with Gasteiger partial charge in [-0.05, 0) is 42.0 Å². The lowest BCUT2D eigenvalue weighted by atomic mass is 10.2. The summed E-state index contributed by atoms with van der Waals surface area (Å²) in [5.74, 6) is -0.596. The van der Waals surface area contributed by atoms with Crippen molar-refractivity contribution in [3.63, 3.8) is 0 Å². The van der Waals surface area contributed by atoms with E-state index in [2.05, 4.69) is 5.32 Å². The summed E-state index contributed by atoms with van der Waals surface area (Å²) in [7, 11) is -2.21. The quantitative estimate of drug-likeness (QED) is 0.913. The Morgan fingerprint density at radius 2 is 1.65 bits per heavy atom. The molecule has 1 N–H and O–H groups in total. The summed E-state index contributed by atoms with van der Waals surface area (Å²) >= 11 is 0. The molecule has 0 saturated carbocycles. The van der Waals surface area contributed by atoms with Gasteiger partial charge in [-0.25, -0.2) is 12.8 Å². The third-order valence-corrected chi connectivity index (χ3v) is 5.02. The summed E-state index contributed by atoms with van der Waals surface area (Å²) in [5.41, 5.74) is 1.21. The number of anilines is 1. The number of amides is 1. The fourth-order valence-corrected chi connectivity index (χ4v) is 3.18. The van der Waals surface area contributed by atoms with Crippen molar-refractivity contribution >= 4 is 21.6 Å². The molecule has 0 heterocycles. The normalized spacial score (nSPS) is 11.5. The SMILES string of the molecule is CC(=O)Nc1ccc(S(=O)(=O)N(C)Cc2ccc(F)cc2)cc1.